The smallest absolute Gasteiger partial charge is 0.276 e. The Balaban J connectivity index is 1.31. The Labute approximate surface area is 243 Å². The number of nitrogens with zero attached hydrogens (tertiary/aromatic N) is 1. The molecule has 1 aromatic rings. The molecule has 40 heavy (non-hydrogen) atoms. The Morgan fingerprint density at radius 3 is 2.45 bits per heavy atom. The molecular formula is C34H52N2O3S. The molecule has 0 aromatic heterocycles. The first-order chi connectivity index (χ1) is 18.8. The molecule has 5 nitrogen and oxygen atoms in total. The molecule has 0 spiro atoms. The van der Waals surface area contributed by atoms with Crippen LogP contribution in [-0.2, 0) is 10.0 Å². The Bertz CT molecular complexity index is 1240. The molecule has 0 radical (unpaired) electrons. The Hall–Kier alpha value is -1.66. The second kappa shape index (κ2) is 11.2. The van der Waals surface area contributed by atoms with Gasteiger partial charge in [0.2, 0.25) is 0 Å². The van der Waals surface area contributed by atoms with E-state index in [1.165, 1.54) is 50.5 Å². The number of benzene rings is 1. The van der Waals surface area contributed by atoms with E-state index in [1.807, 2.05) is 6.92 Å². The zero-order valence-corrected chi connectivity index (χ0v) is 26.4. The van der Waals surface area contributed by atoms with Crippen LogP contribution >= 0.6 is 0 Å². The highest BCUT2D eigenvalue weighted by atomic mass is 32.2. The van der Waals surface area contributed by atoms with E-state index < -0.39 is 10.0 Å². The number of hydrazone groups is 1. The van der Waals surface area contributed by atoms with Crippen molar-refractivity contribution < 1.29 is 13.5 Å². The number of sulfonamides is 1. The van der Waals surface area contributed by atoms with Gasteiger partial charge in [-0.3, -0.25) is 0 Å². The van der Waals surface area contributed by atoms with Crippen LogP contribution in [0.25, 0.3) is 0 Å². The summed E-state index contributed by atoms with van der Waals surface area (Å²) in [6.07, 6.45) is 13.2. The fraction of sp³-hybridized carbons (Fsp3) is 0.735. The van der Waals surface area contributed by atoms with Crippen LogP contribution in [-0.4, -0.2) is 25.3 Å². The lowest BCUT2D eigenvalue weighted by Crippen LogP contribution is -2.55. The van der Waals surface area contributed by atoms with Gasteiger partial charge in [-0.05, 0) is 116 Å². The maximum Gasteiger partial charge on any atom is 0.276 e. The molecule has 222 valence electrons. The van der Waals surface area contributed by atoms with Crippen molar-refractivity contribution in [3.05, 3.63) is 41.5 Å². The van der Waals surface area contributed by atoms with Crippen molar-refractivity contribution in [1.29, 1.82) is 0 Å². The van der Waals surface area contributed by atoms with Crippen LogP contribution in [0.15, 0.2) is 45.9 Å². The maximum absolute atomic E-state index is 12.8. The Morgan fingerprint density at radius 2 is 1.75 bits per heavy atom. The summed E-state index contributed by atoms with van der Waals surface area (Å²) in [7, 11) is -3.71. The largest absolute Gasteiger partial charge is 0.392 e. The van der Waals surface area contributed by atoms with E-state index in [0.29, 0.717) is 29.6 Å². The highest BCUT2D eigenvalue weighted by Gasteiger charge is 2.61. The van der Waals surface area contributed by atoms with E-state index in [9.17, 15) is 13.5 Å². The summed E-state index contributed by atoms with van der Waals surface area (Å²) < 4.78 is 25.6. The standard InChI is InChI=1S/C34H52N2O3S/c1-22(2)8-7-9-24(4)28-14-15-29-32-30(17-19-34(28,29)6)33(5)18-16-26(20-25(33)21-31(32)37)35-36-40(38,39)27-12-10-23(3)11-13-27/h10-13,20,22,24,28-32,36-37H,7-9,14-19,21H2,1-6H3/b35-26+/t24-,28-,29+,30?,31+,32?,33+,34-/m1/s1. The van der Waals surface area contributed by atoms with E-state index in [0.717, 1.165) is 41.9 Å². The van der Waals surface area contributed by atoms with Crippen LogP contribution in [0.4, 0.5) is 0 Å². The summed E-state index contributed by atoms with van der Waals surface area (Å²) in [5.74, 6) is 3.77. The van der Waals surface area contributed by atoms with Gasteiger partial charge in [-0.1, -0.05) is 77.2 Å². The van der Waals surface area contributed by atoms with Crippen molar-refractivity contribution in [3.8, 4) is 0 Å². The molecular weight excluding hydrogens is 516 g/mol. The average molecular weight is 569 g/mol. The lowest BCUT2D eigenvalue weighted by Gasteiger charge is -2.60. The number of aliphatic hydroxyl groups is 1. The molecule has 4 aliphatic rings. The van der Waals surface area contributed by atoms with Gasteiger partial charge in [0.25, 0.3) is 10.0 Å². The van der Waals surface area contributed by atoms with Gasteiger partial charge < -0.3 is 5.11 Å². The molecule has 8 atom stereocenters. The molecule has 2 N–H and O–H groups in total. The van der Waals surface area contributed by atoms with Gasteiger partial charge in [-0.2, -0.15) is 18.4 Å². The molecule has 5 rings (SSSR count). The third-order valence-electron chi connectivity index (χ3n) is 11.8. The summed E-state index contributed by atoms with van der Waals surface area (Å²) in [6.45, 7) is 14.1. The molecule has 3 saturated carbocycles. The van der Waals surface area contributed by atoms with Crippen LogP contribution < -0.4 is 4.83 Å². The van der Waals surface area contributed by atoms with E-state index >= 15 is 0 Å². The first-order valence-electron chi connectivity index (χ1n) is 15.9. The SMILES string of the molecule is Cc1ccc(S(=O)(=O)N/N=C2/C=C3C[C@H](O)C4C(CC[C@]5(C)[C@@H]([C@H](C)CCCC(C)C)CC[C@@H]45)[C@@]3(C)CC2)cc1. The highest BCUT2D eigenvalue weighted by molar-refractivity contribution is 7.89. The number of hydrogen-bond donors (Lipinski definition) is 2. The van der Waals surface area contributed by atoms with E-state index in [4.69, 9.17) is 0 Å². The third kappa shape index (κ3) is 5.44. The summed E-state index contributed by atoms with van der Waals surface area (Å²) >= 11 is 0. The number of hydrogen-bond acceptors (Lipinski definition) is 4. The highest BCUT2D eigenvalue weighted by Crippen LogP contribution is 2.67. The van der Waals surface area contributed by atoms with Crippen molar-refractivity contribution in [1.82, 2.24) is 4.83 Å². The van der Waals surface area contributed by atoms with Gasteiger partial charge in [-0.15, -0.1) is 0 Å². The van der Waals surface area contributed by atoms with Gasteiger partial charge in [0.1, 0.15) is 0 Å². The van der Waals surface area contributed by atoms with Gasteiger partial charge in [0.05, 0.1) is 16.7 Å². The summed E-state index contributed by atoms with van der Waals surface area (Å²) in [4.78, 5) is 2.69. The molecule has 0 saturated heterocycles. The number of rotatable bonds is 8. The second-order valence-corrected chi connectivity index (χ2v) is 16.4. The zero-order valence-electron chi connectivity index (χ0n) is 25.6. The average Bonchev–Trinajstić information content (AvgIpc) is 3.25. The normalized spacial score (nSPS) is 37.5. The molecule has 3 fully saturated rings. The van der Waals surface area contributed by atoms with E-state index in [2.05, 4.69) is 50.6 Å². The molecule has 0 aliphatic heterocycles. The van der Waals surface area contributed by atoms with Crippen molar-refractivity contribution in [3.63, 3.8) is 0 Å². The second-order valence-electron chi connectivity index (χ2n) is 14.7. The van der Waals surface area contributed by atoms with Crippen LogP contribution in [0.3, 0.4) is 0 Å². The lowest BCUT2D eigenvalue weighted by atomic mass is 9.45. The fourth-order valence-corrected chi connectivity index (χ4v) is 10.4. The van der Waals surface area contributed by atoms with Crippen molar-refractivity contribution in [2.75, 3.05) is 0 Å². The van der Waals surface area contributed by atoms with Crippen LogP contribution in [0.1, 0.15) is 104 Å². The minimum atomic E-state index is -3.71. The van der Waals surface area contributed by atoms with Crippen molar-refractivity contribution in [2.24, 2.45) is 51.4 Å². The van der Waals surface area contributed by atoms with E-state index in [1.54, 1.807) is 24.3 Å². The van der Waals surface area contributed by atoms with Gasteiger partial charge in [-0.25, -0.2) is 0 Å². The minimum Gasteiger partial charge on any atom is -0.392 e. The third-order valence-corrected chi connectivity index (χ3v) is 13.1. The predicted molar refractivity (Wildman–Crippen MR) is 163 cm³/mol. The quantitative estimate of drug-likeness (QED) is 0.316. The van der Waals surface area contributed by atoms with Gasteiger partial charge in [0, 0.05) is 0 Å². The van der Waals surface area contributed by atoms with Crippen molar-refractivity contribution in [2.45, 2.75) is 117 Å². The fourth-order valence-electron chi connectivity index (χ4n) is 9.54. The molecule has 6 heteroatoms. The molecule has 2 unspecified atom stereocenters. The zero-order chi connectivity index (χ0) is 28.9. The summed E-state index contributed by atoms with van der Waals surface area (Å²) in [5, 5.41) is 16.0. The number of fused-ring (bicyclic) bond motifs is 5. The maximum atomic E-state index is 12.8. The van der Waals surface area contributed by atoms with Gasteiger partial charge >= 0.3 is 0 Å². The number of aliphatic hydroxyl groups excluding tert-OH is 1. The van der Waals surface area contributed by atoms with Gasteiger partial charge in [0.15, 0.2) is 0 Å². The predicted octanol–water partition coefficient (Wildman–Crippen LogP) is 7.64. The minimum absolute atomic E-state index is 0.0566. The Morgan fingerprint density at radius 1 is 1.02 bits per heavy atom. The lowest BCUT2D eigenvalue weighted by molar-refractivity contribution is -0.111. The molecule has 1 aromatic carbocycles. The van der Waals surface area contributed by atoms with Crippen molar-refractivity contribution >= 4 is 15.7 Å². The Kier molecular flexibility index (Phi) is 8.35. The first kappa shape index (κ1) is 29.8. The number of aryl methyl sites for hydroxylation is 1. The molecule has 0 heterocycles. The summed E-state index contributed by atoms with van der Waals surface area (Å²) in [6, 6.07) is 6.82. The molecule has 4 aliphatic carbocycles. The monoisotopic (exact) mass is 568 g/mol. The first-order valence-corrected chi connectivity index (χ1v) is 17.4. The number of nitrogens with one attached hydrogen (secondary N) is 1. The van der Waals surface area contributed by atoms with Crippen LogP contribution in [0.2, 0.25) is 0 Å². The van der Waals surface area contributed by atoms with Crippen LogP contribution in [0, 0.1) is 53.3 Å². The van der Waals surface area contributed by atoms with Crippen LogP contribution in [0.5, 0.6) is 0 Å². The molecule has 0 bridgehead atoms. The van der Waals surface area contributed by atoms with E-state index in [-0.39, 0.29) is 16.4 Å². The summed E-state index contributed by atoms with van der Waals surface area (Å²) in [5.41, 5.74) is 3.45. The molecule has 0 amide bonds. The topological polar surface area (TPSA) is 78.8 Å². The number of allylic oxidation sites excluding steroid dienone is 1.